The maximum atomic E-state index is 10.3. The molecular formula is C8H7NO3. The molecule has 0 atom stereocenters. The molecule has 1 rings (SSSR count). The zero-order valence-electron chi connectivity index (χ0n) is 6.23. The van der Waals surface area contributed by atoms with E-state index in [1.54, 1.807) is 18.2 Å². The molecule has 0 bridgehead atoms. The van der Waals surface area contributed by atoms with Gasteiger partial charge in [-0.2, -0.15) is 0 Å². The fourth-order valence-corrected chi connectivity index (χ4v) is 0.912. The second kappa shape index (κ2) is 3.61. The van der Waals surface area contributed by atoms with Crippen molar-refractivity contribution in [2.24, 2.45) is 5.18 Å². The predicted molar refractivity (Wildman–Crippen MR) is 43.2 cm³/mol. The number of carboxylic acids is 1. The number of carbonyl (C=O) groups is 1. The van der Waals surface area contributed by atoms with E-state index in [9.17, 15) is 9.70 Å². The molecule has 0 unspecified atom stereocenters. The summed E-state index contributed by atoms with van der Waals surface area (Å²) in [6.07, 6.45) is -0.165. The van der Waals surface area contributed by atoms with Crippen molar-refractivity contribution in [2.45, 2.75) is 6.42 Å². The van der Waals surface area contributed by atoms with E-state index in [4.69, 9.17) is 5.11 Å². The summed E-state index contributed by atoms with van der Waals surface area (Å²) >= 11 is 0. The van der Waals surface area contributed by atoms with E-state index in [2.05, 4.69) is 5.18 Å². The van der Waals surface area contributed by atoms with Gasteiger partial charge in [0.05, 0.1) is 6.42 Å². The van der Waals surface area contributed by atoms with Crippen LogP contribution in [0.2, 0.25) is 0 Å². The summed E-state index contributed by atoms with van der Waals surface area (Å²) in [5, 5.41) is 11.2. The van der Waals surface area contributed by atoms with Gasteiger partial charge in [-0.15, -0.1) is 4.91 Å². The van der Waals surface area contributed by atoms with E-state index in [1.165, 1.54) is 6.07 Å². The molecule has 0 aliphatic heterocycles. The Balaban J connectivity index is 2.96. The Kier molecular flexibility index (Phi) is 2.53. The highest BCUT2D eigenvalue weighted by molar-refractivity contribution is 5.72. The van der Waals surface area contributed by atoms with Gasteiger partial charge in [-0.25, -0.2) is 0 Å². The number of hydrogen-bond acceptors (Lipinski definition) is 3. The van der Waals surface area contributed by atoms with Crippen LogP contribution < -0.4 is 0 Å². The number of aliphatic carboxylic acids is 1. The Morgan fingerprint density at radius 3 is 2.67 bits per heavy atom. The van der Waals surface area contributed by atoms with Crippen molar-refractivity contribution in [1.29, 1.82) is 0 Å². The van der Waals surface area contributed by atoms with Gasteiger partial charge < -0.3 is 5.11 Å². The SMILES string of the molecule is O=Nc1ccccc1CC(=O)O. The van der Waals surface area contributed by atoms with Crippen LogP contribution in [0, 0.1) is 4.91 Å². The molecule has 0 spiro atoms. The van der Waals surface area contributed by atoms with Gasteiger partial charge in [0.25, 0.3) is 0 Å². The van der Waals surface area contributed by atoms with E-state index in [1.807, 2.05) is 0 Å². The number of rotatable bonds is 3. The summed E-state index contributed by atoms with van der Waals surface area (Å²) in [6, 6.07) is 6.38. The average molecular weight is 165 g/mol. The molecule has 12 heavy (non-hydrogen) atoms. The lowest BCUT2D eigenvalue weighted by Gasteiger charge is -1.97. The molecule has 0 aromatic heterocycles. The Hall–Kier alpha value is -1.71. The van der Waals surface area contributed by atoms with Crippen LogP contribution in [0.4, 0.5) is 5.69 Å². The summed E-state index contributed by atoms with van der Waals surface area (Å²) in [6.45, 7) is 0. The van der Waals surface area contributed by atoms with Crippen molar-refractivity contribution < 1.29 is 9.90 Å². The molecule has 0 radical (unpaired) electrons. The van der Waals surface area contributed by atoms with Gasteiger partial charge >= 0.3 is 5.97 Å². The van der Waals surface area contributed by atoms with E-state index in [0.29, 0.717) is 5.56 Å². The quantitative estimate of drug-likeness (QED) is 0.693. The van der Waals surface area contributed by atoms with Crippen molar-refractivity contribution in [3.8, 4) is 0 Å². The van der Waals surface area contributed by atoms with Crippen LogP contribution in [0.3, 0.4) is 0 Å². The Labute approximate surface area is 68.8 Å². The Morgan fingerprint density at radius 1 is 1.42 bits per heavy atom. The molecule has 0 fully saturated rings. The second-order valence-electron chi connectivity index (χ2n) is 2.29. The number of benzene rings is 1. The van der Waals surface area contributed by atoms with Gasteiger partial charge in [0.15, 0.2) is 0 Å². The molecule has 1 aromatic carbocycles. The highest BCUT2D eigenvalue weighted by Crippen LogP contribution is 2.18. The predicted octanol–water partition coefficient (Wildman–Crippen LogP) is 1.71. The number of nitrogens with zero attached hydrogens (tertiary/aromatic N) is 1. The third-order valence-electron chi connectivity index (χ3n) is 1.43. The van der Waals surface area contributed by atoms with E-state index in [0.717, 1.165) is 0 Å². The van der Waals surface area contributed by atoms with Crippen molar-refractivity contribution in [3.63, 3.8) is 0 Å². The molecule has 1 aromatic rings. The number of carboxylic acid groups (broad SMARTS) is 1. The number of nitroso groups, excluding NO2 is 1. The van der Waals surface area contributed by atoms with Gasteiger partial charge in [-0.3, -0.25) is 4.79 Å². The summed E-state index contributed by atoms with van der Waals surface area (Å²) in [4.78, 5) is 20.5. The zero-order valence-corrected chi connectivity index (χ0v) is 6.23. The summed E-state index contributed by atoms with van der Waals surface area (Å²) in [7, 11) is 0. The lowest BCUT2D eigenvalue weighted by Crippen LogP contribution is -1.99. The fourth-order valence-electron chi connectivity index (χ4n) is 0.912. The first kappa shape index (κ1) is 8.39. The molecule has 0 saturated heterocycles. The standard InChI is InChI=1S/C8H7NO3/c10-8(11)5-6-3-1-2-4-7(6)9-12/h1-4H,5H2,(H,10,11). The second-order valence-corrected chi connectivity index (χ2v) is 2.29. The van der Waals surface area contributed by atoms with Crippen LogP contribution >= 0.6 is 0 Å². The normalized spacial score (nSPS) is 9.33. The molecule has 0 saturated carbocycles. The van der Waals surface area contributed by atoms with Gasteiger partial charge in [-0.05, 0) is 16.8 Å². The number of hydrogen-bond donors (Lipinski definition) is 1. The molecule has 1 N–H and O–H groups in total. The molecule has 62 valence electrons. The Bertz CT molecular complexity index is 309. The van der Waals surface area contributed by atoms with Gasteiger partial charge in [0, 0.05) is 0 Å². The third-order valence-corrected chi connectivity index (χ3v) is 1.43. The molecule has 4 heteroatoms. The van der Waals surface area contributed by atoms with Crippen molar-refractivity contribution in [2.75, 3.05) is 0 Å². The highest BCUT2D eigenvalue weighted by atomic mass is 16.4. The first-order valence-corrected chi connectivity index (χ1v) is 3.37. The minimum absolute atomic E-state index is 0.165. The summed E-state index contributed by atoms with van der Waals surface area (Å²) in [5.74, 6) is -0.967. The third kappa shape index (κ3) is 1.88. The average Bonchev–Trinajstić information content (AvgIpc) is 2.04. The molecule has 0 heterocycles. The van der Waals surface area contributed by atoms with Crippen LogP contribution in [-0.2, 0) is 11.2 Å². The molecule has 4 nitrogen and oxygen atoms in total. The topological polar surface area (TPSA) is 66.7 Å². The van der Waals surface area contributed by atoms with E-state index < -0.39 is 5.97 Å². The van der Waals surface area contributed by atoms with Gasteiger partial charge in [0.1, 0.15) is 5.69 Å². The summed E-state index contributed by atoms with van der Waals surface area (Å²) < 4.78 is 0. The first-order chi connectivity index (χ1) is 5.74. The van der Waals surface area contributed by atoms with Crippen LogP contribution in [0.1, 0.15) is 5.56 Å². The van der Waals surface area contributed by atoms with Gasteiger partial charge in [-0.1, -0.05) is 18.2 Å². The fraction of sp³-hybridized carbons (Fsp3) is 0.125. The minimum Gasteiger partial charge on any atom is -0.481 e. The first-order valence-electron chi connectivity index (χ1n) is 3.37. The highest BCUT2D eigenvalue weighted by Gasteiger charge is 2.05. The lowest BCUT2D eigenvalue weighted by molar-refractivity contribution is -0.136. The van der Waals surface area contributed by atoms with Crippen molar-refractivity contribution >= 4 is 11.7 Å². The van der Waals surface area contributed by atoms with E-state index in [-0.39, 0.29) is 12.1 Å². The van der Waals surface area contributed by atoms with Crippen LogP contribution in [0.25, 0.3) is 0 Å². The zero-order chi connectivity index (χ0) is 8.97. The smallest absolute Gasteiger partial charge is 0.307 e. The maximum absolute atomic E-state index is 10.3. The van der Waals surface area contributed by atoms with E-state index >= 15 is 0 Å². The molecule has 0 amide bonds. The maximum Gasteiger partial charge on any atom is 0.307 e. The Morgan fingerprint density at radius 2 is 2.08 bits per heavy atom. The van der Waals surface area contributed by atoms with Crippen molar-refractivity contribution in [3.05, 3.63) is 34.7 Å². The van der Waals surface area contributed by atoms with Crippen LogP contribution in [0.15, 0.2) is 29.4 Å². The molecule has 0 aliphatic carbocycles. The lowest BCUT2D eigenvalue weighted by atomic mass is 10.1. The molecular weight excluding hydrogens is 158 g/mol. The monoisotopic (exact) mass is 165 g/mol. The van der Waals surface area contributed by atoms with Crippen molar-refractivity contribution in [1.82, 2.24) is 0 Å². The minimum atomic E-state index is -0.967. The largest absolute Gasteiger partial charge is 0.481 e. The van der Waals surface area contributed by atoms with Crippen LogP contribution in [0.5, 0.6) is 0 Å². The molecule has 0 aliphatic rings. The summed E-state index contributed by atoms with van der Waals surface area (Å²) in [5.41, 5.74) is 0.639. The van der Waals surface area contributed by atoms with Crippen LogP contribution in [-0.4, -0.2) is 11.1 Å². The van der Waals surface area contributed by atoms with Gasteiger partial charge in [0.2, 0.25) is 0 Å².